The van der Waals surface area contributed by atoms with E-state index in [0.29, 0.717) is 42.3 Å². The number of hydrogen-bond donors (Lipinski definition) is 2. The van der Waals surface area contributed by atoms with Gasteiger partial charge in [0.05, 0.1) is 23.0 Å². The molecule has 1 aliphatic carbocycles. The topological polar surface area (TPSA) is 117 Å². The van der Waals surface area contributed by atoms with E-state index in [1.54, 1.807) is 23.1 Å². The summed E-state index contributed by atoms with van der Waals surface area (Å²) in [6, 6.07) is 6.78. The van der Waals surface area contributed by atoms with E-state index < -0.39 is 28.9 Å². The van der Waals surface area contributed by atoms with E-state index in [0.717, 1.165) is 29.6 Å². The van der Waals surface area contributed by atoms with E-state index in [4.69, 9.17) is 17.5 Å². The summed E-state index contributed by atoms with van der Waals surface area (Å²) in [6.45, 7) is 7.88. The van der Waals surface area contributed by atoms with Gasteiger partial charge in [0.1, 0.15) is 23.2 Å². The molecule has 9 nitrogen and oxygen atoms in total. The number of allylic oxidation sites excluding steroid dienone is 2. The third kappa shape index (κ3) is 6.01. The van der Waals surface area contributed by atoms with Crippen LogP contribution in [0.25, 0.3) is 0 Å². The predicted octanol–water partition coefficient (Wildman–Crippen LogP) is 5.99. The third-order valence-corrected chi connectivity index (χ3v) is 7.59. The lowest BCUT2D eigenvalue weighted by atomic mass is 9.75. The summed E-state index contributed by atoms with van der Waals surface area (Å²) in [6.07, 6.45) is 3.09. The summed E-state index contributed by atoms with van der Waals surface area (Å²) in [7, 11) is 1.53. The first-order valence-corrected chi connectivity index (χ1v) is 13.9. The number of halogens is 3. The number of aliphatic imine (C=N–C) groups is 2. The van der Waals surface area contributed by atoms with Crippen molar-refractivity contribution in [2.24, 2.45) is 9.98 Å². The second kappa shape index (κ2) is 12.3. The Labute approximate surface area is 252 Å². The Balaban J connectivity index is 1.70. The number of aromatic hydroxyl groups is 1. The number of aromatic nitrogens is 1. The number of alkyl halides is 3. The van der Waals surface area contributed by atoms with Crippen LogP contribution in [0.15, 0.2) is 64.5 Å². The second-order valence-electron chi connectivity index (χ2n) is 10.2. The first-order valence-electron chi connectivity index (χ1n) is 13.5. The molecule has 2 N–H and O–H groups in total. The fourth-order valence-electron chi connectivity index (χ4n) is 5.00. The van der Waals surface area contributed by atoms with Gasteiger partial charge < -0.3 is 15.3 Å². The van der Waals surface area contributed by atoms with Gasteiger partial charge in [-0.05, 0) is 75.2 Å². The van der Waals surface area contributed by atoms with Crippen molar-refractivity contribution in [1.29, 1.82) is 5.26 Å². The summed E-state index contributed by atoms with van der Waals surface area (Å²) < 4.78 is 41.1. The average Bonchev–Trinajstić information content (AvgIpc) is 3.18. The van der Waals surface area contributed by atoms with Crippen LogP contribution in [0.2, 0.25) is 0 Å². The Morgan fingerprint density at radius 3 is 2.63 bits per heavy atom. The highest BCUT2D eigenvalue weighted by atomic mass is 32.1. The average molecular weight is 610 g/mol. The lowest BCUT2D eigenvalue weighted by molar-refractivity contribution is -0.138. The molecule has 2 fully saturated rings. The SMILES string of the molecule is C=C(/C=C(C)/N=C/CCC)N/C(=N\C)c1cc(N2C(=S)N(c3cnc(C#N)c(C(F)(F)F)c3)C(=O)C23CCC3)ccc1O. The largest absolute Gasteiger partial charge is 0.507 e. The van der Waals surface area contributed by atoms with Crippen molar-refractivity contribution in [1.82, 2.24) is 10.3 Å². The highest BCUT2D eigenvalue weighted by molar-refractivity contribution is 7.81. The molecule has 1 aromatic carbocycles. The molecule has 1 saturated heterocycles. The molecule has 224 valence electrons. The fraction of sp³-hybridized carbons (Fsp3) is 0.333. The van der Waals surface area contributed by atoms with E-state index in [1.807, 2.05) is 13.1 Å². The van der Waals surface area contributed by atoms with Gasteiger partial charge in [0.25, 0.3) is 5.91 Å². The van der Waals surface area contributed by atoms with Crippen molar-refractivity contribution < 1.29 is 23.1 Å². The first-order chi connectivity index (χ1) is 20.4. The Morgan fingerprint density at radius 1 is 1.33 bits per heavy atom. The monoisotopic (exact) mass is 609 g/mol. The van der Waals surface area contributed by atoms with Crippen LogP contribution < -0.4 is 15.1 Å². The maximum absolute atomic E-state index is 13.8. The van der Waals surface area contributed by atoms with Gasteiger partial charge in [-0.15, -0.1) is 0 Å². The van der Waals surface area contributed by atoms with Gasteiger partial charge in [-0.3, -0.25) is 19.7 Å². The van der Waals surface area contributed by atoms with Gasteiger partial charge >= 0.3 is 6.18 Å². The van der Waals surface area contributed by atoms with Crippen molar-refractivity contribution in [3.8, 4) is 11.8 Å². The van der Waals surface area contributed by atoms with Crippen LogP contribution in [0, 0.1) is 11.3 Å². The number of thiocarbonyl (C=S) groups is 1. The number of pyridine rings is 1. The molecule has 43 heavy (non-hydrogen) atoms. The zero-order valence-electron chi connectivity index (χ0n) is 23.9. The number of amidine groups is 1. The van der Waals surface area contributed by atoms with Crippen LogP contribution >= 0.6 is 12.2 Å². The Bertz CT molecular complexity index is 1600. The van der Waals surface area contributed by atoms with Crippen molar-refractivity contribution in [2.75, 3.05) is 16.8 Å². The van der Waals surface area contributed by atoms with Crippen molar-refractivity contribution in [3.63, 3.8) is 0 Å². The molecule has 2 aliphatic rings. The lowest BCUT2D eigenvalue weighted by Crippen LogP contribution is -2.55. The number of benzene rings is 1. The number of carbonyl (C=O) groups excluding carboxylic acids is 1. The summed E-state index contributed by atoms with van der Waals surface area (Å²) in [5.74, 6) is -0.306. The molecule has 0 radical (unpaired) electrons. The van der Waals surface area contributed by atoms with Gasteiger partial charge in [-0.2, -0.15) is 18.4 Å². The second-order valence-corrected chi connectivity index (χ2v) is 10.5. The molecule has 1 aliphatic heterocycles. The minimum Gasteiger partial charge on any atom is -0.507 e. The number of unbranched alkanes of at least 4 members (excludes halogenated alkanes) is 1. The molecule has 1 amide bonds. The van der Waals surface area contributed by atoms with Gasteiger partial charge in [-0.1, -0.05) is 19.9 Å². The van der Waals surface area contributed by atoms with Crippen LogP contribution in [-0.4, -0.2) is 45.7 Å². The molecule has 1 spiro atoms. The molecule has 2 heterocycles. The maximum atomic E-state index is 13.8. The van der Waals surface area contributed by atoms with Crippen LogP contribution in [0.1, 0.15) is 62.8 Å². The van der Waals surface area contributed by atoms with Crippen molar-refractivity contribution >= 4 is 46.7 Å². The van der Waals surface area contributed by atoms with E-state index in [9.17, 15) is 23.1 Å². The standard InChI is InChI=1S/C30H30F3N7O2S/c1-5-6-12-36-18(2)13-19(3)38-26(35-4)22-14-20(8-9-25(22)41)40-28(43)39(27(42)29(40)10-7-11-29)21-15-23(30(31,32)33)24(16-34)37-17-21/h8-9,12-15,17,41H,3,5-7,10-11H2,1-2,4H3,(H,35,38)/b18-13+,36-12+. The molecule has 2 aromatic rings. The molecule has 4 rings (SSSR count). The van der Waals surface area contributed by atoms with Crippen molar-refractivity contribution in [2.45, 2.75) is 57.7 Å². The highest BCUT2D eigenvalue weighted by Gasteiger charge is 2.60. The first kappa shape index (κ1) is 31.4. The Hall–Kier alpha value is -4.57. The van der Waals surface area contributed by atoms with E-state index in [1.165, 1.54) is 19.2 Å². The van der Waals surface area contributed by atoms with Crippen LogP contribution in [0.3, 0.4) is 0 Å². The fourth-order valence-corrected chi connectivity index (χ4v) is 5.47. The molecule has 0 bridgehead atoms. The number of phenolic OH excluding ortho intramolecular Hbond substituents is 1. The van der Waals surface area contributed by atoms with Crippen molar-refractivity contribution in [3.05, 3.63) is 71.3 Å². The lowest BCUT2D eigenvalue weighted by Gasteiger charge is -2.43. The Kier molecular flexibility index (Phi) is 9.01. The number of anilines is 2. The normalized spacial score (nSPS) is 17.0. The highest BCUT2D eigenvalue weighted by Crippen LogP contribution is 2.48. The molecule has 1 aromatic heterocycles. The van der Waals surface area contributed by atoms with E-state index in [-0.39, 0.29) is 22.4 Å². The molecule has 1 saturated carbocycles. The predicted molar refractivity (Wildman–Crippen MR) is 163 cm³/mol. The minimum atomic E-state index is -4.86. The molecular weight excluding hydrogens is 579 g/mol. The third-order valence-electron chi connectivity index (χ3n) is 7.23. The Morgan fingerprint density at radius 2 is 2.05 bits per heavy atom. The number of phenols is 1. The van der Waals surface area contributed by atoms with E-state index >= 15 is 0 Å². The molecular formula is C30H30F3N7O2S. The number of amides is 1. The smallest absolute Gasteiger partial charge is 0.419 e. The molecule has 13 heteroatoms. The zero-order valence-corrected chi connectivity index (χ0v) is 24.7. The summed E-state index contributed by atoms with van der Waals surface area (Å²) in [5, 5.41) is 22.9. The van der Waals surface area contributed by atoms with Crippen LogP contribution in [0.4, 0.5) is 24.5 Å². The number of nitrogens with one attached hydrogen (secondary N) is 1. The number of nitrogens with zero attached hydrogens (tertiary/aromatic N) is 6. The number of rotatable bonds is 8. The molecule has 0 unspecified atom stereocenters. The molecule has 0 atom stereocenters. The summed E-state index contributed by atoms with van der Waals surface area (Å²) >= 11 is 5.69. The van der Waals surface area contributed by atoms with E-state index in [2.05, 4.69) is 33.8 Å². The number of nitriles is 1. The van der Waals surface area contributed by atoms with Crippen LogP contribution in [-0.2, 0) is 11.0 Å². The zero-order chi connectivity index (χ0) is 31.5. The van der Waals surface area contributed by atoms with Gasteiger partial charge in [-0.25, -0.2) is 4.98 Å². The number of carbonyl (C=O) groups is 1. The van der Waals surface area contributed by atoms with Gasteiger partial charge in [0, 0.05) is 30.3 Å². The number of hydrogen-bond acceptors (Lipinski definition) is 7. The van der Waals surface area contributed by atoms with Gasteiger partial charge in [0.2, 0.25) is 0 Å². The summed E-state index contributed by atoms with van der Waals surface area (Å²) in [5.41, 5.74) is -1.44. The summed E-state index contributed by atoms with van der Waals surface area (Å²) in [4.78, 5) is 28.7. The maximum Gasteiger partial charge on any atom is 0.419 e. The minimum absolute atomic E-state index is 0.0446. The van der Waals surface area contributed by atoms with Crippen LogP contribution in [0.5, 0.6) is 5.75 Å². The quantitative estimate of drug-likeness (QED) is 0.163. The van der Waals surface area contributed by atoms with Gasteiger partial charge in [0.15, 0.2) is 10.8 Å².